The molecular weight excluding hydrogens is 356 g/mol. The molecule has 0 atom stereocenters. The van der Waals surface area contributed by atoms with Crippen molar-refractivity contribution in [1.82, 2.24) is 9.27 Å². The first kappa shape index (κ1) is 19.2. The van der Waals surface area contributed by atoms with Crippen LogP contribution in [0, 0.1) is 23.7 Å². The van der Waals surface area contributed by atoms with E-state index in [-0.39, 0.29) is 5.92 Å². The van der Waals surface area contributed by atoms with E-state index in [4.69, 9.17) is 21.7 Å². The Morgan fingerprint density at radius 2 is 2.16 bits per heavy atom. The Balaban J connectivity index is 2.38. The number of hydrogen-bond donors (Lipinski definition) is 1. The van der Waals surface area contributed by atoms with Gasteiger partial charge < -0.3 is 9.64 Å². The van der Waals surface area contributed by atoms with Crippen LogP contribution in [0.15, 0.2) is 12.1 Å². The minimum absolute atomic E-state index is 0.146. The van der Waals surface area contributed by atoms with Crippen molar-refractivity contribution < 1.29 is 4.74 Å². The normalized spacial score (nSPS) is 10.6. The molecule has 0 saturated carbocycles. The van der Waals surface area contributed by atoms with Gasteiger partial charge in [0.05, 0.1) is 10.7 Å². The third-order valence-corrected chi connectivity index (χ3v) is 4.98. The minimum Gasteiger partial charge on any atom is -0.442 e. The number of amidine groups is 1. The van der Waals surface area contributed by atoms with Crippen molar-refractivity contribution in [1.29, 1.82) is 10.7 Å². The third kappa shape index (κ3) is 3.94. The molecule has 0 unspecified atom stereocenters. The second-order valence-electron chi connectivity index (χ2n) is 6.06. The van der Waals surface area contributed by atoms with Crippen molar-refractivity contribution in [3.63, 3.8) is 0 Å². The van der Waals surface area contributed by atoms with Crippen LogP contribution in [0.2, 0.25) is 5.02 Å². The number of benzene rings is 1. The summed E-state index contributed by atoms with van der Waals surface area (Å²) < 4.78 is 10.2. The molecule has 2 aromatic rings. The molecule has 25 heavy (non-hydrogen) atoms. The van der Waals surface area contributed by atoms with Gasteiger partial charge in [0.15, 0.2) is 0 Å². The summed E-state index contributed by atoms with van der Waals surface area (Å²) in [7, 11) is 1.87. The van der Waals surface area contributed by atoms with E-state index in [9.17, 15) is 5.26 Å². The summed E-state index contributed by atoms with van der Waals surface area (Å²) in [6, 6.07) is 5.70. The zero-order valence-corrected chi connectivity index (χ0v) is 16.5. The average Bonchev–Trinajstić information content (AvgIpc) is 2.99. The number of halogens is 1. The highest BCUT2D eigenvalue weighted by atomic mass is 35.5. The highest BCUT2D eigenvalue weighted by Crippen LogP contribution is 2.38. The lowest BCUT2D eigenvalue weighted by Gasteiger charge is -2.20. The Morgan fingerprint density at radius 3 is 2.72 bits per heavy atom. The van der Waals surface area contributed by atoms with Crippen LogP contribution in [-0.4, -0.2) is 28.7 Å². The third-order valence-electron chi connectivity index (χ3n) is 3.94. The molecule has 1 N–H and O–H groups in total. The van der Waals surface area contributed by atoms with Gasteiger partial charge in [-0.2, -0.15) is 9.64 Å². The molecule has 0 amide bonds. The number of nitrogens with one attached hydrogen (secondary N) is 1. The van der Waals surface area contributed by atoms with Gasteiger partial charge in [-0.15, -0.1) is 0 Å². The molecule has 0 aliphatic heterocycles. The molecule has 0 radical (unpaired) electrons. The fraction of sp³-hybridized carbons (Fsp3) is 0.389. The Labute approximate surface area is 157 Å². The van der Waals surface area contributed by atoms with Gasteiger partial charge in [-0.3, -0.25) is 5.41 Å². The van der Waals surface area contributed by atoms with Crippen LogP contribution in [0.1, 0.15) is 49.1 Å². The van der Waals surface area contributed by atoms with Crippen LogP contribution in [0.25, 0.3) is 0 Å². The Hall–Kier alpha value is -2.10. The first-order valence-electron chi connectivity index (χ1n) is 7.97. The van der Waals surface area contributed by atoms with Gasteiger partial charge in [-0.25, -0.2) is 0 Å². The summed E-state index contributed by atoms with van der Waals surface area (Å²) in [5.74, 6) is 1.02. The van der Waals surface area contributed by atoms with Gasteiger partial charge in [-0.05, 0) is 37.5 Å². The van der Waals surface area contributed by atoms with E-state index in [0.29, 0.717) is 27.2 Å². The van der Waals surface area contributed by atoms with E-state index in [1.54, 1.807) is 12.1 Å². The van der Waals surface area contributed by atoms with Crippen LogP contribution < -0.4 is 4.74 Å². The number of nitriles is 1. The highest BCUT2D eigenvalue weighted by molar-refractivity contribution is 7.08. The monoisotopic (exact) mass is 376 g/mol. The largest absolute Gasteiger partial charge is 0.442 e. The number of aryl methyl sites for hydroxylation is 1. The van der Waals surface area contributed by atoms with E-state index < -0.39 is 0 Å². The van der Waals surface area contributed by atoms with E-state index in [2.05, 4.69) is 10.4 Å². The summed E-state index contributed by atoms with van der Waals surface area (Å²) in [5, 5.41) is 18.5. The average molecular weight is 377 g/mol. The predicted molar refractivity (Wildman–Crippen MR) is 102 cm³/mol. The van der Waals surface area contributed by atoms with Crippen LogP contribution in [0.3, 0.4) is 0 Å². The molecule has 0 saturated heterocycles. The van der Waals surface area contributed by atoms with Crippen molar-refractivity contribution in [2.24, 2.45) is 0 Å². The van der Waals surface area contributed by atoms with E-state index in [0.717, 1.165) is 34.9 Å². The van der Waals surface area contributed by atoms with Crippen molar-refractivity contribution in [2.75, 3.05) is 13.6 Å². The van der Waals surface area contributed by atoms with Crippen LogP contribution in [0.5, 0.6) is 10.8 Å². The first-order chi connectivity index (χ1) is 11.8. The van der Waals surface area contributed by atoms with Crippen LogP contribution in [-0.2, 0) is 0 Å². The molecule has 1 aromatic carbocycles. The lowest BCUT2D eigenvalue weighted by Crippen LogP contribution is -2.26. The number of nitrogens with zero attached hydrogens (tertiary/aromatic N) is 3. The molecule has 132 valence electrons. The molecule has 7 heteroatoms. The lowest BCUT2D eigenvalue weighted by molar-refractivity contribution is 0.494. The predicted octanol–water partition coefficient (Wildman–Crippen LogP) is 5.17. The zero-order chi connectivity index (χ0) is 18.7. The van der Waals surface area contributed by atoms with Gasteiger partial charge in [0.1, 0.15) is 23.2 Å². The Kier molecular flexibility index (Phi) is 6.04. The zero-order valence-electron chi connectivity index (χ0n) is 15.0. The topological polar surface area (TPSA) is 73.0 Å². The maximum Gasteiger partial charge on any atom is 0.218 e. The molecule has 0 aliphatic carbocycles. The maximum absolute atomic E-state index is 9.41. The van der Waals surface area contributed by atoms with Crippen molar-refractivity contribution in [2.45, 2.75) is 33.6 Å². The molecule has 1 heterocycles. The summed E-state index contributed by atoms with van der Waals surface area (Å²) in [6.07, 6.45) is 0. The van der Waals surface area contributed by atoms with Gasteiger partial charge in [0, 0.05) is 30.7 Å². The number of aromatic nitrogens is 1. The van der Waals surface area contributed by atoms with Crippen molar-refractivity contribution in [3.05, 3.63) is 39.5 Å². The standard InChI is InChI=1S/C18H21ClN4OS/c1-6-23(5)17(21)12-8-14(19)15(7-11(12)4)24-18-13(9-20)16(10(2)3)22-25-18/h7-8,10,21H,6H2,1-5H3. The van der Waals surface area contributed by atoms with Crippen LogP contribution in [0.4, 0.5) is 0 Å². The molecular formula is C18H21ClN4OS. The summed E-state index contributed by atoms with van der Waals surface area (Å²) >= 11 is 7.52. The number of hydrogen-bond acceptors (Lipinski definition) is 5. The van der Waals surface area contributed by atoms with Crippen molar-refractivity contribution >= 4 is 29.0 Å². The van der Waals surface area contributed by atoms with Gasteiger partial charge in [0.2, 0.25) is 5.06 Å². The smallest absolute Gasteiger partial charge is 0.218 e. The second kappa shape index (κ2) is 7.85. The van der Waals surface area contributed by atoms with Crippen LogP contribution >= 0.6 is 23.1 Å². The highest BCUT2D eigenvalue weighted by Gasteiger charge is 2.20. The molecule has 2 rings (SSSR count). The van der Waals surface area contributed by atoms with Gasteiger partial charge >= 0.3 is 0 Å². The van der Waals surface area contributed by atoms with E-state index >= 15 is 0 Å². The summed E-state index contributed by atoms with van der Waals surface area (Å²) in [5.41, 5.74) is 2.83. The summed E-state index contributed by atoms with van der Waals surface area (Å²) in [6.45, 7) is 8.61. The molecule has 0 aliphatic rings. The lowest BCUT2D eigenvalue weighted by atomic mass is 10.1. The second-order valence-corrected chi connectivity index (χ2v) is 7.20. The van der Waals surface area contributed by atoms with Gasteiger partial charge in [0.25, 0.3) is 0 Å². The Morgan fingerprint density at radius 1 is 1.48 bits per heavy atom. The van der Waals surface area contributed by atoms with Crippen molar-refractivity contribution in [3.8, 4) is 16.9 Å². The molecule has 1 aromatic heterocycles. The fourth-order valence-corrected chi connectivity index (χ4v) is 3.36. The van der Waals surface area contributed by atoms with E-state index in [1.165, 1.54) is 0 Å². The molecule has 5 nitrogen and oxygen atoms in total. The molecule has 0 fully saturated rings. The molecule has 0 spiro atoms. The number of ether oxygens (including phenoxy) is 1. The minimum atomic E-state index is 0.146. The maximum atomic E-state index is 9.41. The fourth-order valence-electron chi connectivity index (χ4n) is 2.31. The SMILES string of the molecule is CCN(C)C(=N)c1cc(Cl)c(Oc2snc(C(C)C)c2C#N)cc1C. The van der Waals surface area contributed by atoms with E-state index in [1.807, 2.05) is 39.6 Å². The number of rotatable bonds is 5. The molecule has 0 bridgehead atoms. The quantitative estimate of drug-likeness (QED) is 0.577. The summed E-state index contributed by atoms with van der Waals surface area (Å²) in [4.78, 5) is 1.84. The van der Waals surface area contributed by atoms with Gasteiger partial charge in [-0.1, -0.05) is 25.4 Å². The first-order valence-corrected chi connectivity index (χ1v) is 9.12. The Bertz CT molecular complexity index is 838.